The number of halogens is 2. The summed E-state index contributed by atoms with van der Waals surface area (Å²) < 4.78 is 29.2. The Labute approximate surface area is 178 Å². The van der Waals surface area contributed by atoms with Crippen LogP contribution in [0.15, 0.2) is 53.5 Å². The smallest absolute Gasteiger partial charge is 0.142 e. The molecule has 2 aromatic carbocycles. The Morgan fingerprint density at radius 1 is 0.931 bits per heavy atom. The molecule has 1 aliphatic rings. The van der Waals surface area contributed by atoms with Crippen molar-refractivity contribution in [2.24, 2.45) is 4.99 Å². The van der Waals surface area contributed by atoms with E-state index in [1.165, 1.54) is 42.7 Å². The van der Waals surface area contributed by atoms with Crippen molar-refractivity contribution in [3.8, 4) is 22.3 Å². The third-order valence-corrected chi connectivity index (χ3v) is 6.47. The van der Waals surface area contributed by atoms with Crippen LogP contribution in [0.25, 0.3) is 10.4 Å². The Morgan fingerprint density at radius 2 is 1.62 bits per heavy atom. The Morgan fingerprint density at radius 3 is 2.28 bits per heavy atom. The summed E-state index contributed by atoms with van der Waals surface area (Å²) in [6.45, 7) is 0. The first kappa shape index (κ1) is 19.7. The molecule has 0 radical (unpaired) electrons. The van der Waals surface area contributed by atoms with Gasteiger partial charge in [0.2, 0.25) is 0 Å². The first-order chi connectivity index (χ1) is 14.1. The molecule has 1 fully saturated rings. The number of nitrogens with zero attached hydrogens (tertiary/aromatic N) is 1. The Hall–Kier alpha value is -2.64. The van der Waals surface area contributed by atoms with Gasteiger partial charge in [-0.25, -0.2) is 8.78 Å². The van der Waals surface area contributed by atoms with Crippen LogP contribution in [-0.4, -0.2) is 5.16 Å². The van der Waals surface area contributed by atoms with Gasteiger partial charge in [0.15, 0.2) is 0 Å². The van der Waals surface area contributed by atoms with Gasteiger partial charge in [-0.2, -0.15) is 4.99 Å². The number of aliphatic imine (C=N–C) groups is 1. The van der Waals surface area contributed by atoms with E-state index in [2.05, 4.69) is 40.3 Å². The molecular weight excluding hydrogens is 404 g/mol. The van der Waals surface area contributed by atoms with Crippen molar-refractivity contribution in [3.05, 3.63) is 76.2 Å². The van der Waals surface area contributed by atoms with Crippen molar-refractivity contribution in [1.29, 1.82) is 0 Å². The maximum Gasteiger partial charge on any atom is 0.142 e. The number of benzene rings is 2. The van der Waals surface area contributed by atoms with Crippen LogP contribution < -0.4 is 0 Å². The van der Waals surface area contributed by atoms with Crippen LogP contribution >= 0.6 is 23.6 Å². The van der Waals surface area contributed by atoms with Gasteiger partial charge in [-0.3, -0.25) is 0 Å². The van der Waals surface area contributed by atoms with Gasteiger partial charge in [0.05, 0.1) is 16.4 Å². The minimum atomic E-state index is -0.648. The fraction of sp³-hybridized carbons (Fsp3) is 0.208. The fourth-order valence-electron chi connectivity index (χ4n) is 3.58. The molecule has 0 saturated heterocycles. The molecule has 1 nitrogen and oxygen atoms in total. The lowest BCUT2D eigenvalue weighted by atomic mass is 10.1. The molecule has 29 heavy (non-hydrogen) atoms. The second kappa shape index (κ2) is 8.80. The molecule has 144 valence electrons. The van der Waals surface area contributed by atoms with Crippen LogP contribution in [0.4, 0.5) is 14.5 Å². The molecule has 0 amide bonds. The molecule has 5 heteroatoms. The zero-order valence-electron chi connectivity index (χ0n) is 15.5. The monoisotopic (exact) mass is 421 g/mol. The summed E-state index contributed by atoms with van der Waals surface area (Å²) in [4.78, 5) is 6.05. The molecule has 0 N–H and O–H groups in total. The predicted molar refractivity (Wildman–Crippen MR) is 118 cm³/mol. The van der Waals surface area contributed by atoms with Crippen molar-refractivity contribution in [3.63, 3.8) is 0 Å². The van der Waals surface area contributed by atoms with Crippen molar-refractivity contribution in [2.45, 2.75) is 31.6 Å². The molecule has 0 atom stereocenters. The minimum absolute atomic E-state index is 0.220. The van der Waals surface area contributed by atoms with E-state index in [0.717, 1.165) is 4.88 Å². The maximum absolute atomic E-state index is 14.6. The average Bonchev–Trinajstić information content (AvgIpc) is 3.40. The van der Waals surface area contributed by atoms with Gasteiger partial charge in [-0.15, -0.1) is 11.3 Å². The van der Waals surface area contributed by atoms with E-state index < -0.39 is 11.6 Å². The summed E-state index contributed by atoms with van der Waals surface area (Å²) in [6.07, 6.45) is 4.93. The molecule has 1 aromatic heterocycles. The summed E-state index contributed by atoms with van der Waals surface area (Å²) in [5, 5.41) is 2.29. The van der Waals surface area contributed by atoms with Crippen LogP contribution in [0.1, 0.15) is 47.6 Å². The highest BCUT2D eigenvalue weighted by Gasteiger charge is 2.19. The highest BCUT2D eigenvalue weighted by molar-refractivity contribution is 7.78. The molecule has 1 heterocycles. The summed E-state index contributed by atoms with van der Waals surface area (Å²) >= 11 is 6.19. The molecule has 0 aliphatic heterocycles. The quantitative estimate of drug-likeness (QED) is 0.242. The topological polar surface area (TPSA) is 12.4 Å². The van der Waals surface area contributed by atoms with Crippen molar-refractivity contribution >= 4 is 34.4 Å². The highest BCUT2D eigenvalue weighted by Crippen LogP contribution is 2.40. The zero-order chi connectivity index (χ0) is 20.2. The lowest BCUT2D eigenvalue weighted by molar-refractivity contribution is 0.578. The zero-order valence-corrected chi connectivity index (χ0v) is 17.2. The number of rotatable bonds is 3. The van der Waals surface area contributed by atoms with Crippen LogP contribution in [-0.2, 0) is 0 Å². The lowest BCUT2D eigenvalue weighted by Gasteiger charge is -2.05. The second-order valence-corrected chi connectivity index (χ2v) is 8.30. The first-order valence-corrected chi connectivity index (χ1v) is 10.7. The Balaban J connectivity index is 1.58. The largest absolute Gasteiger partial charge is 0.205 e. The number of hydrogen-bond acceptors (Lipinski definition) is 3. The van der Waals surface area contributed by atoms with Crippen LogP contribution in [0.2, 0.25) is 0 Å². The van der Waals surface area contributed by atoms with Crippen molar-refractivity contribution in [2.75, 3.05) is 0 Å². The summed E-state index contributed by atoms with van der Waals surface area (Å²) in [6, 6.07) is 13.7. The van der Waals surface area contributed by atoms with Gasteiger partial charge in [0, 0.05) is 15.3 Å². The third-order valence-electron chi connectivity index (χ3n) is 5.08. The van der Waals surface area contributed by atoms with Gasteiger partial charge in [0.25, 0.3) is 0 Å². The molecule has 1 aliphatic carbocycles. The molecule has 1 saturated carbocycles. The van der Waals surface area contributed by atoms with Gasteiger partial charge in [-0.1, -0.05) is 24.7 Å². The van der Waals surface area contributed by atoms with Gasteiger partial charge < -0.3 is 0 Å². The van der Waals surface area contributed by atoms with Crippen molar-refractivity contribution in [1.82, 2.24) is 0 Å². The van der Waals surface area contributed by atoms with Gasteiger partial charge in [-0.05, 0) is 85.1 Å². The lowest BCUT2D eigenvalue weighted by Crippen LogP contribution is -1.91. The molecule has 0 spiro atoms. The third kappa shape index (κ3) is 4.52. The van der Waals surface area contributed by atoms with Crippen LogP contribution in [0, 0.1) is 23.5 Å². The minimum Gasteiger partial charge on any atom is -0.205 e. The highest BCUT2D eigenvalue weighted by atomic mass is 32.1. The molecule has 3 aromatic rings. The van der Waals surface area contributed by atoms with E-state index in [0.29, 0.717) is 22.7 Å². The molecule has 4 rings (SSSR count). The van der Waals surface area contributed by atoms with E-state index >= 15 is 0 Å². The van der Waals surface area contributed by atoms with Gasteiger partial charge >= 0.3 is 0 Å². The number of isothiocyanates is 1. The number of thiocarbonyl (C=S) groups is 1. The molecular formula is C24H17F2NS2. The van der Waals surface area contributed by atoms with Crippen LogP contribution in [0.5, 0.6) is 0 Å². The number of hydrogen-bond donors (Lipinski definition) is 0. The number of thiophene rings is 1. The first-order valence-electron chi connectivity index (χ1n) is 9.43. The Bertz CT molecular complexity index is 1120. The predicted octanol–water partition coefficient (Wildman–Crippen LogP) is 7.49. The van der Waals surface area contributed by atoms with E-state index in [4.69, 9.17) is 0 Å². The standard InChI is InChI=1S/C24H17F2NS2/c25-21-13-18(24-12-11-23(29-24)17-3-1-2-4-17)14-22(26)20(21)10-7-16-5-8-19(9-6-16)27-15-28/h5-6,8-9,11-14,17H,1-4H2. The summed E-state index contributed by atoms with van der Waals surface area (Å²) in [5.41, 5.74) is 1.63. The SMILES string of the molecule is Fc1cc(-c2ccc(C3CCCC3)s2)cc(F)c1C#Cc1ccc(N=C=S)cc1. The maximum atomic E-state index is 14.6. The van der Waals surface area contributed by atoms with E-state index in [9.17, 15) is 8.78 Å². The van der Waals surface area contributed by atoms with E-state index in [1.807, 2.05) is 6.07 Å². The molecule has 0 unspecified atom stereocenters. The Kier molecular flexibility index (Phi) is 5.97. The van der Waals surface area contributed by atoms with Gasteiger partial charge in [0.1, 0.15) is 11.6 Å². The summed E-state index contributed by atoms with van der Waals surface area (Å²) in [7, 11) is 0. The van der Waals surface area contributed by atoms with Crippen LogP contribution in [0.3, 0.4) is 0 Å². The second-order valence-electron chi connectivity index (χ2n) is 7.00. The summed E-state index contributed by atoms with van der Waals surface area (Å²) in [5.74, 6) is 4.71. The van der Waals surface area contributed by atoms with E-state index in [-0.39, 0.29) is 5.56 Å². The normalized spacial score (nSPS) is 13.6. The fourth-order valence-corrected chi connectivity index (χ4v) is 4.85. The van der Waals surface area contributed by atoms with Crippen molar-refractivity contribution < 1.29 is 8.78 Å². The van der Waals surface area contributed by atoms with E-state index in [1.54, 1.807) is 35.6 Å². The average molecular weight is 422 g/mol. The molecule has 0 bridgehead atoms.